The van der Waals surface area contributed by atoms with E-state index in [4.69, 9.17) is 4.74 Å². The third-order valence-electron chi connectivity index (χ3n) is 4.02. The minimum atomic E-state index is -0.817. The van der Waals surface area contributed by atoms with E-state index in [0.29, 0.717) is 10.9 Å². The molecule has 0 saturated heterocycles. The number of hydrogen-bond acceptors (Lipinski definition) is 4. The number of benzene rings is 2. The molecular formula is C19H19BrN2O3. The largest absolute Gasteiger partial charge is 0.490 e. The van der Waals surface area contributed by atoms with Gasteiger partial charge in [-0.3, -0.25) is 9.36 Å². The smallest absolute Gasteiger partial charge is 0.261 e. The minimum absolute atomic E-state index is 0.106. The second kappa shape index (κ2) is 7.37. The molecule has 2 aromatic carbocycles. The molecule has 0 amide bonds. The maximum absolute atomic E-state index is 12.5. The van der Waals surface area contributed by atoms with E-state index in [-0.39, 0.29) is 18.7 Å². The molecule has 1 N–H and O–H groups in total. The van der Waals surface area contributed by atoms with Crippen LogP contribution in [0.3, 0.4) is 0 Å². The first-order valence-electron chi connectivity index (χ1n) is 7.97. The summed E-state index contributed by atoms with van der Waals surface area (Å²) < 4.78 is 7.98. The van der Waals surface area contributed by atoms with E-state index in [1.165, 1.54) is 10.9 Å². The van der Waals surface area contributed by atoms with E-state index in [1.54, 1.807) is 12.1 Å². The number of aryl methyl sites for hydroxylation is 2. The van der Waals surface area contributed by atoms with Gasteiger partial charge in [0.25, 0.3) is 5.56 Å². The van der Waals surface area contributed by atoms with Crippen molar-refractivity contribution in [3.8, 4) is 5.75 Å². The van der Waals surface area contributed by atoms with Crippen LogP contribution in [0, 0.1) is 13.8 Å². The lowest BCUT2D eigenvalue weighted by Gasteiger charge is -2.16. The highest BCUT2D eigenvalue weighted by atomic mass is 79.9. The van der Waals surface area contributed by atoms with Crippen molar-refractivity contribution in [2.24, 2.45) is 0 Å². The Morgan fingerprint density at radius 1 is 1.24 bits per heavy atom. The van der Waals surface area contributed by atoms with Gasteiger partial charge in [-0.15, -0.1) is 0 Å². The van der Waals surface area contributed by atoms with Crippen LogP contribution in [0.4, 0.5) is 0 Å². The number of ether oxygens (including phenoxy) is 1. The molecule has 6 heteroatoms. The molecule has 25 heavy (non-hydrogen) atoms. The van der Waals surface area contributed by atoms with Crippen molar-refractivity contribution in [1.29, 1.82) is 0 Å². The SMILES string of the molecule is Cc1cccc(C)c1OC[C@H](O)Cn1cnc2ccc(Br)cc2c1=O. The van der Waals surface area contributed by atoms with E-state index in [2.05, 4.69) is 20.9 Å². The molecule has 130 valence electrons. The number of aliphatic hydroxyl groups excluding tert-OH is 1. The monoisotopic (exact) mass is 402 g/mol. The van der Waals surface area contributed by atoms with E-state index in [9.17, 15) is 9.90 Å². The second-order valence-electron chi connectivity index (χ2n) is 6.05. The summed E-state index contributed by atoms with van der Waals surface area (Å²) in [6, 6.07) is 11.2. The van der Waals surface area contributed by atoms with Crippen molar-refractivity contribution >= 4 is 26.8 Å². The summed E-state index contributed by atoms with van der Waals surface area (Å²) >= 11 is 3.36. The molecule has 0 aliphatic carbocycles. The quantitative estimate of drug-likeness (QED) is 0.711. The van der Waals surface area contributed by atoms with Gasteiger partial charge in [-0.2, -0.15) is 0 Å². The van der Waals surface area contributed by atoms with Crippen molar-refractivity contribution < 1.29 is 9.84 Å². The fraction of sp³-hybridized carbons (Fsp3) is 0.263. The number of halogens is 1. The zero-order valence-corrected chi connectivity index (χ0v) is 15.7. The number of aromatic nitrogens is 2. The Morgan fingerprint density at radius 2 is 1.96 bits per heavy atom. The molecule has 1 aromatic heterocycles. The van der Waals surface area contributed by atoms with Crippen molar-refractivity contribution in [3.63, 3.8) is 0 Å². The molecule has 0 aliphatic rings. The van der Waals surface area contributed by atoms with E-state index >= 15 is 0 Å². The van der Waals surface area contributed by atoms with Gasteiger partial charge < -0.3 is 9.84 Å². The Bertz CT molecular complexity index is 948. The van der Waals surface area contributed by atoms with Gasteiger partial charge in [0, 0.05) is 4.47 Å². The Kier molecular flexibility index (Phi) is 5.20. The van der Waals surface area contributed by atoms with E-state index in [0.717, 1.165) is 21.3 Å². The summed E-state index contributed by atoms with van der Waals surface area (Å²) in [5.74, 6) is 0.773. The van der Waals surface area contributed by atoms with Crippen LogP contribution in [0.2, 0.25) is 0 Å². The van der Waals surface area contributed by atoms with Gasteiger partial charge >= 0.3 is 0 Å². The highest BCUT2D eigenvalue weighted by molar-refractivity contribution is 9.10. The Hall–Kier alpha value is -2.18. The first kappa shape index (κ1) is 17.6. The lowest BCUT2D eigenvalue weighted by atomic mass is 10.1. The number of rotatable bonds is 5. The van der Waals surface area contributed by atoms with Gasteiger partial charge in [-0.25, -0.2) is 4.98 Å². The lowest BCUT2D eigenvalue weighted by molar-refractivity contribution is 0.0908. The average Bonchev–Trinajstić information content (AvgIpc) is 2.57. The summed E-state index contributed by atoms with van der Waals surface area (Å²) in [5.41, 5.74) is 2.48. The molecule has 0 aliphatic heterocycles. The summed E-state index contributed by atoms with van der Waals surface area (Å²) in [6.45, 7) is 4.16. The van der Waals surface area contributed by atoms with Crippen LogP contribution in [0.1, 0.15) is 11.1 Å². The first-order chi connectivity index (χ1) is 12.0. The van der Waals surface area contributed by atoms with Crippen LogP contribution in [-0.4, -0.2) is 27.4 Å². The van der Waals surface area contributed by atoms with E-state index in [1.807, 2.05) is 38.1 Å². The van der Waals surface area contributed by atoms with Gasteiger partial charge in [-0.05, 0) is 43.2 Å². The molecule has 3 rings (SSSR count). The molecule has 0 bridgehead atoms. The fourth-order valence-corrected chi connectivity index (χ4v) is 3.11. The first-order valence-corrected chi connectivity index (χ1v) is 8.77. The molecule has 5 nitrogen and oxygen atoms in total. The molecule has 1 heterocycles. The standard InChI is InChI=1S/C19H19BrN2O3/c1-12-4-3-5-13(2)18(12)25-10-15(23)9-22-11-21-17-7-6-14(20)8-16(17)19(22)24/h3-8,11,15,23H,9-10H2,1-2H3/t15-/m1/s1. The fourth-order valence-electron chi connectivity index (χ4n) is 2.75. The van der Waals surface area contributed by atoms with Crippen LogP contribution in [0.15, 0.2) is 52.0 Å². The topological polar surface area (TPSA) is 64.3 Å². The Labute approximate surface area is 154 Å². The molecule has 0 unspecified atom stereocenters. The normalized spacial score (nSPS) is 12.3. The maximum Gasteiger partial charge on any atom is 0.261 e. The molecule has 3 aromatic rings. The van der Waals surface area contributed by atoms with E-state index < -0.39 is 6.10 Å². The zero-order chi connectivity index (χ0) is 18.0. The number of nitrogens with zero attached hydrogens (tertiary/aromatic N) is 2. The second-order valence-corrected chi connectivity index (χ2v) is 6.96. The van der Waals surface area contributed by atoms with Gasteiger partial charge in [-0.1, -0.05) is 34.1 Å². The van der Waals surface area contributed by atoms with Crippen LogP contribution in [-0.2, 0) is 6.54 Å². The van der Waals surface area contributed by atoms with Crippen molar-refractivity contribution in [1.82, 2.24) is 9.55 Å². The number of aliphatic hydroxyl groups is 1. The molecule has 1 atom stereocenters. The number of hydrogen-bond donors (Lipinski definition) is 1. The Morgan fingerprint density at radius 3 is 2.68 bits per heavy atom. The zero-order valence-electron chi connectivity index (χ0n) is 14.1. The summed E-state index contributed by atoms with van der Waals surface area (Å²) in [7, 11) is 0. The highest BCUT2D eigenvalue weighted by Crippen LogP contribution is 2.22. The predicted molar refractivity (Wildman–Crippen MR) is 101 cm³/mol. The van der Waals surface area contributed by atoms with Gasteiger partial charge in [0.15, 0.2) is 0 Å². The molecule has 0 fully saturated rings. The van der Waals surface area contributed by atoms with Crippen LogP contribution in [0.25, 0.3) is 10.9 Å². The minimum Gasteiger partial charge on any atom is -0.490 e. The molecular weight excluding hydrogens is 384 g/mol. The Balaban J connectivity index is 1.75. The van der Waals surface area contributed by atoms with Gasteiger partial charge in [0.2, 0.25) is 0 Å². The lowest BCUT2D eigenvalue weighted by Crippen LogP contribution is -2.30. The number of fused-ring (bicyclic) bond motifs is 1. The third-order valence-corrected chi connectivity index (χ3v) is 4.52. The predicted octanol–water partition coefficient (Wildman–Crippen LogP) is 3.22. The van der Waals surface area contributed by atoms with Crippen LogP contribution >= 0.6 is 15.9 Å². The molecule has 0 spiro atoms. The van der Waals surface area contributed by atoms with Crippen LogP contribution in [0.5, 0.6) is 5.75 Å². The van der Waals surface area contributed by atoms with Crippen molar-refractivity contribution in [2.45, 2.75) is 26.5 Å². The van der Waals surface area contributed by atoms with Crippen molar-refractivity contribution in [3.05, 3.63) is 68.7 Å². The highest BCUT2D eigenvalue weighted by Gasteiger charge is 2.12. The van der Waals surface area contributed by atoms with Gasteiger partial charge in [0.1, 0.15) is 18.5 Å². The van der Waals surface area contributed by atoms with Crippen molar-refractivity contribution in [2.75, 3.05) is 6.61 Å². The van der Waals surface area contributed by atoms with Gasteiger partial charge in [0.05, 0.1) is 23.8 Å². The maximum atomic E-state index is 12.5. The third kappa shape index (κ3) is 3.91. The summed E-state index contributed by atoms with van der Waals surface area (Å²) in [5, 5.41) is 10.8. The summed E-state index contributed by atoms with van der Waals surface area (Å²) in [6.07, 6.45) is 0.643. The summed E-state index contributed by atoms with van der Waals surface area (Å²) in [4.78, 5) is 16.8. The number of para-hydroxylation sites is 1. The molecule has 0 saturated carbocycles. The molecule has 0 radical (unpaired) electrons. The van der Waals surface area contributed by atoms with Crippen LogP contribution < -0.4 is 10.3 Å². The average molecular weight is 403 g/mol.